The molecule has 0 saturated carbocycles. The highest BCUT2D eigenvalue weighted by atomic mass is 35.5. The molecule has 1 aliphatic rings. The molecule has 0 amide bonds. The molecule has 6 heteroatoms. The zero-order valence-electron chi connectivity index (χ0n) is 11.9. The highest BCUT2D eigenvalue weighted by Gasteiger charge is 2.26. The van der Waals surface area contributed by atoms with Gasteiger partial charge in [-0.25, -0.2) is 9.18 Å². The Hall–Kier alpha value is -1.17. The predicted octanol–water partition coefficient (Wildman–Crippen LogP) is 2.85. The van der Waals surface area contributed by atoms with Gasteiger partial charge in [-0.3, -0.25) is 5.32 Å². The minimum Gasteiger partial charge on any atom is -0.465 e. The van der Waals surface area contributed by atoms with Crippen molar-refractivity contribution in [2.45, 2.75) is 31.9 Å². The van der Waals surface area contributed by atoms with Gasteiger partial charge in [0.2, 0.25) is 0 Å². The molecule has 2 rings (SSSR count). The molecule has 1 heterocycles. The van der Waals surface area contributed by atoms with Gasteiger partial charge in [-0.15, -0.1) is 0 Å². The number of ether oxygens (including phenoxy) is 2. The van der Waals surface area contributed by atoms with Crippen molar-refractivity contribution < 1.29 is 18.7 Å². The van der Waals surface area contributed by atoms with E-state index in [1.54, 1.807) is 13.0 Å². The fourth-order valence-corrected chi connectivity index (χ4v) is 2.49. The molecular formula is C15H19ClFNO3. The SMILES string of the molecule is CCOC(=O)C(NCC1CCCO1)c1ccc(Cl)cc1F. The molecule has 1 aliphatic heterocycles. The topological polar surface area (TPSA) is 47.6 Å². The smallest absolute Gasteiger partial charge is 0.327 e. The Kier molecular flexibility index (Phi) is 5.96. The summed E-state index contributed by atoms with van der Waals surface area (Å²) in [6.07, 6.45) is 1.99. The third-order valence-electron chi connectivity index (χ3n) is 3.37. The molecule has 116 valence electrons. The number of hydrogen-bond donors (Lipinski definition) is 1. The third kappa shape index (κ3) is 4.40. The summed E-state index contributed by atoms with van der Waals surface area (Å²) in [7, 11) is 0. The summed E-state index contributed by atoms with van der Waals surface area (Å²) >= 11 is 5.75. The molecule has 0 aromatic heterocycles. The lowest BCUT2D eigenvalue weighted by atomic mass is 10.1. The van der Waals surface area contributed by atoms with Crippen molar-refractivity contribution in [2.24, 2.45) is 0 Å². The summed E-state index contributed by atoms with van der Waals surface area (Å²) in [5, 5.41) is 3.33. The van der Waals surface area contributed by atoms with Gasteiger partial charge in [-0.1, -0.05) is 17.7 Å². The van der Waals surface area contributed by atoms with Gasteiger partial charge in [0.1, 0.15) is 11.9 Å². The van der Waals surface area contributed by atoms with Gasteiger partial charge in [0.25, 0.3) is 0 Å². The number of rotatable bonds is 6. The van der Waals surface area contributed by atoms with Crippen LogP contribution in [0.25, 0.3) is 0 Å². The maximum atomic E-state index is 14.0. The first kappa shape index (κ1) is 16.2. The van der Waals surface area contributed by atoms with Crippen molar-refractivity contribution in [1.29, 1.82) is 0 Å². The van der Waals surface area contributed by atoms with Crippen LogP contribution in [0.5, 0.6) is 0 Å². The molecule has 1 aromatic carbocycles. The number of nitrogens with one attached hydrogen (secondary N) is 1. The maximum Gasteiger partial charge on any atom is 0.327 e. The standard InChI is InChI=1S/C15H19ClFNO3/c1-2-20-15(19)14(18-9-11-4-3-7-21-11)12-6-5-10(16)8-13(12)17/h5-6,8,11,14,18H,2-4,7,9H2,1H3. The first-order valence-corrected chi connectivity index (χ1v) is 7.46. The molecule has 4 nitrogen and oxygen atoms in total. The molecule has 0 radical (unpaired) electrons. The summed E-state index contributed by atoms with van der Waals surface area (Å²) in [4.78, 5) is 12.1. The zero-order valence-corrected chi connectivity index (χ0v) is 12.7. The quantitative estimate of drug-likeness (QED) is 0.820. The van der Waals surface area contributed by atoms with Gasteiger partial charge in [0.15, 0.2) is 0 Å². The van der Waals surface area contributed by atoms with E-state index in [9.17, 15) is 9.18 Å². The summed E-state index contributed by atoms with van der Waals surface area (Å²) < 4.78 is 24.6. The molecule has 1 aromatic rings. The molecule has 1 fully saturated rings. The van der Waals surface area contributed by atoms with E-state index in [0.29, 0.717) is 6.54 Å². The molecule has 1 N–H and O–H groups in total. The lowest BCUT2D eigenvalue weighted by molar-refractivity contribution is -0.146. The van der Waals surface area contributed by atoms with Crippen LogP contribution in [0.2, 0.25) is 5.02 Å². The Balaban J connectivity index is 2.12. The molecule has 2 unspecified atom stereocenters. The van der Waals surface area contributed by atoms with Crippen LogP contribution in [-0.2, 0) is 14.3 Å². The van der Waals surface area contributed by atoms with Crippen molar-refractivity contribution in [3.05, 3.63) is 34.6 Å². The molecule has 2 atom stereocenters. The molecular weight excluding hydrogens is 297 g/mol. The van der Waals surface area contributed by atoms with Gasteiger partial charge in [-0.2, -0.15) is 0 Å². The van der Waals surface area contributed by atoms with E-state index < -0.39 is 17.8 Å². The van der Waals surface area contributed by atoms with Crippen LogP contribution in [0.3, 0.4) is 0 Å². The number of carbonyl (C=O) groups excluding carboxylic acids is 1. The van der Waals surface area contributed by atoms with Crippen LogP contribution < -0.4 is 5.32 Å². The van der Waals surface area contributed by atoms with E-state index in [2.05, 4.69) is 5.32 Å². The summed E-state index contributed by atoms with van der Waals surface area (Å²) in [6, 6.07) is 3.39. The number of halogens is 2. The van der Waals surface area contributed by atoms with E-state index in [-0.39, 0.29) is 23.3 Å². The van der Waals surface area contributed by atoms with Gasteiger partial charge in [-0.05, 0) is 31.9 Å². The lowest BCUT2D eigenvalue weighted by Gasteiger charge is -2.20. The summed E-state index contributed by atoms with van der Waals surface area (Å²) in [5.74, 6) is -1.03. The monoisotopic (exact) mass is 315 g/mol. The number of benzene rings is 1. The zero-order chi connectivity index (χ0) is 15.2. The summed E-state index contributed by atoms with van der Waals surface area (Å²) in [5.41, 5.74) is 0.232. The van der Waals surface area contributed by atoms with Crippen molar-refractivity contribution in [2.75, 3.05) is 19.8 Å². The lowest BCUT2D eigenvalue weighted by Crippen LogP contribution is -2.36. The van der Waals surface area contributed by atoms with Crippen molar-refractivity contribution >= 4 is 17.6 Å². The third-order valence-corrected chi connectivity index (χ3v) is 3.60. The first-order valence-electron chi connectivity index (χ1n) is 7.08. The van der Waals surface area contributed by atoms with Crippen molar-refractivity contribution in [3.8, 4) is 0 Å². The largest absolute Gasteiger partial charge is 0.465 e. The highest BCUT2D eigenvalue weighted by Crippen LogP contribution is 2.23. The van der Waals surface area contributed by atoms with E-state index in [0.717, 1.165) is 19.4 Å². The predicted molar refractivity (Wildman–Crippen MR) is 77.8 cm³/mol. The average Bonchev–Trinajstić information content (AvgIpc) is 2.94. The second-order valence-electron chi connectivity index (χ2n) is 4.89. The Morgan fingerprint density at radius 3 is 3.05 bits per heavy atom. The van der Waals surface area contributed by atoms with Crippen LogP contribution in [0.15, 0.2) is 18.2 Å². The summed E-state index contributed by atoms with van der Waals surface area (Å²) in [6.45, 7) is 3.16. The van der Waals surface area contributed by atoms with E-state index in [1.165, 1.54) is 12.1 Å². The van der Waals surface area contributed by atoms with E-state index in [1.807, 2.05) is 0 Å². The van der Waals surface area contributed by atoms with Gasteiger partial charge in [0.05, 0.1) is 12.7 Å². The van der Waals surface area contributed by atoms with Gasteiger partial charge in [0, 0.05) is 23.7 Å². The second-order valence-corrected chi connectivity index (χ2v) is 5.33. The molecule has 0 spiro atoms. The van der Waals surface area contributed by atoms with Crippen LogP contribution in [0.4, 0.5) is 4.39 Å². The molecule has 1 saturated heterocycles. The molecule has 21 heavy (non-hydrogen) atoms. The minimum absolute atomic E-state index is 0.0530. The number of hydrogen-bond acceptors (Lipinski definition) is 4. The van der Waals surface area contributed by atoms with Crippen LogP contribution >= 0.6 is 11.6 Å². The van der Waals surface area contributed by atoms with Gasteiger partial charge >= 0.3 is 5.97 Å². The Morgan fingerprint density at radius 2 is 2.43 bits per heavy atom. The first-order chi connectivity index (χ1) is 10.1. The van der Waals surface area contributed by atoms with E-state index >= 15 is 0 Å². The van der Waals surface area contributed by atoms with E-state index in [4.69, 9.17) is 21.1 Å². The van der Waals surface area contributed by atoms with Crippen LogP contribution in [-0.4, -0.2) is 31.8 Å². The van der Waals surface area contributed by atoms with Crippen LogP contribution in [0.1, 0.15) is 31.4 Å². The number of esters is 1. The fraction of sp³-hybridized carbons (Fsp3) is 0.533. The molecule has 0 aliphatic carbocycles. The maximum absolute atomic E-state index is 14.0. The Labute approximate surface area is 128 Å². The average molecular weight is 316 g/mol. The fourth-order valence-electron chi connectivity index (χ4n) is 2.34. The van der Waals surface area contributed by atoms with Crippen molar-refractivity contribution in [3.63, 3.8) is 0 Å². The molecule has 0 bridgehead atoms. The Bertz CT molecular complexity index is 492. The second kappa shape index (κ2) is 7.73. The highest BCUT2D eigenvalue weighted by molar-refractivity contribution is 6.30. The van der Waals surface area contributed by atoms with Crippen molar-refractivity contribution in [1.82, 2.24) is 5.32 Å². The normalized spacial score (nSPS) is 19.5. The number of carbonyl (C=O) groups is 1. The Morgan fingerprint density at radius 1 is 1.62 bits per heavy atom. The van der Waals surface area contributed by atoms with Crippen LogP contribution in [0, 0.1) is 5.82 Å². The van der Waals surface area contributed by atoms with Gasteiger partial charge < -0.3 is 9.47 Å². The minimum atomic E-state index is -0.855.